The molecule has 4 rings (SSSR count). The van der Waals surface area contributed by atoms with E-state index in [1.54, 1.807) is 12.3 Å². The van der Waals surface area contributed by atoms with Crippen LogP contribution in [-0.2, 0) is 11.3 Å². The van der Waals surface area contributed by atoms with Gasteiger partial charge in [0.1, 0.15) is 17.4 Å². The van der Waals surface area contributed by atoms with Gasteiger partial charge in [-0.05, 0) is 24.3 Å². The van der Waals surface area contributed by atoms with Crippen molar-refractivity contribution < 1.29 is 18.0 Å². The molecule has 0 fully saturated rings. The maximum atomic E-state index is 13.7. The predicted molar refractivity (Wildman–Crippen MR) is 109 cm³/mol. The van der Waals surface area contributed by atoms with Crippen LogP contribution in [0.2, 0.25) is 0 Å². The number of carbonyl (C=O) groups is 1. The van der Waals surface area contributed by atoms with Gasteiger partial charge in [0.2, 0.25) is 5.91 Å². The number of anilines is 1. The minimum atomic E-state index is -0.706. The summed E-state index contributed by atoms with van der Waals surface area (Å²) in [5, 5.41) is 11.3. The number of nitrogens with zero attached hydrogens (tertiary/aromatic N) is 3. The molecule has 4 aromatic rings. The summed E-state index contributed by atoms with van der Waals surface area (Å²) >= 11 is 1.14. The summed E-state index contributed by atoms with van der Waals surface area (Å²) in [5.74, 6) is -0.544. The van der Waals surface area contributed by atoms with Crippen LogP contribution in [0.4, 0.5) is 14.5 Å². The Hall–Kier alpha value is -3.46. The van der Waals surface area contributed by atoms with Gasteiger partial charge in [0, 0.05) is 11.6 Å². The lowest BCUT2D eigenvalue weighted by atomic mass is 10.2. The van der Waals surface area contributed by atoms with Crippen LogP contribution >= 0.6 is 11.8 Å². The molecule has 152 valence electrons. The van der Waals surface area contributed by atoms with Crippen molar-refractivity contribution in [2.45, 2.75) is 11.7 Å². The standard InChI is InChI=1S/C21H16F2N4O2S/c22-15-8-9-17(23)18(11-15)24-19(28)13-30-21-26-25-20(14-5-2-1-3-6-14)27(21)12-16-7-4-10-29-16/h1-11H,12-13H2,(H,24,28). The Labute approximate surface area is 174 Å². The quantitative estimate of drug-likeness (QED) is 0.438. The molecular weight excluding hydrogens is 410 g/mol. The molecule has 0 aliphatic heterocycles. The Bertz CT molecular complexity index is 1150. The lowest BCUT2D eigenvalue weighted by Gasteiger charge is -2.09. The van der Waals surface area contributed by atoms with Crippen molar-refractivity contribution in [3.63, 3.8) is 0 Å². The van der Waals surface area contributed by atoms with Gasteiger partial charge >= 0.3 is 0 Å². The molecule has 0 saturated carbocycles. The van der Waals surface area contributed by atoms with Gasteiger partial charge in [-0.3, -0.25) is 9.36 Å². The molecule has 0 bridgehead atoms. The molecule has 9 heteroatoms. The Morgan fingerprint density at radius 2 is 1.90 bits per heavy atom. The number of benzene rings is 2. The number of thioether (sulfide) groups is 1. The van der Waals surface area contributed by atoms with Crippen molar-refractivity contribution in [2.75, 3.05) is 11.1 Å². The summed E-state index contributed by atoms with van der Waals surface area (Å²) in [4.78, 5) is 12.3. The molecule has 0 saturated heterocycles. The van der Waals surface area contributed by atoms with Crippen LogP contribution in [0.3, 0.4) is 0 Å². The molecule has 6 nitrogen and oxygen atoms in total. The summed E-state index contributed by atoms with van der Waals surface area (Å²) in [6, 6.07) is 16.0. The largest absolute Gasteiger partial charge is 0.467 e. The molecule has 30 heavy (non-hydrogen) atoms. The van der Waals surface area contributed by atoms with E-state index in [0.29, 0.717) is 23.3 Å². The van der Waals surface area contributed by atoms with Crippen LogP contribution < -0.4 is 5.32 Å². The smallest absolute Gasteiger partial charge is 0.234 e. The summed E-state index contributed by atoms with van der Waals surface area (Å²) in [7, 11) is 0. The highest BCUT2D eigenvalue weighted by molar-refractivity contribution is 7.99. The normalized spacial score (nSPS) is 10.9. The molecule has 0 spiro atoms. The first-order valence-corrected chi connectivity index (χ1v) is 9.97. The fourth-order valence-electron chi connectivity index (χ4n) is 2.81. The SMILES string of the molecule is O=C(CSc1nnc(-c2ccccc2)n1Cc1ccco1)Nc1cc(F)ccc1F. The van der Waals surface area contributed by atoms with Crippen LogP contribution in [0.15, 0.2) is 76.5 Å². The molecule has 1 N–H and O–H groups in total. The van der Waals surface area contributed by atoms with E-state index in [1.807, 2.05) is 41.0 Å². The Morgan fingerprint density at radius 1 is 1.07 bits per heavy atom. The minimum Gasteiger partial charge on any atom is -0.467 e. The summed E-state index contributed by atoms with van der Waals surface area (Å²) < 4.78 is 34.3. The second-order valence-electron chi connectivity index (χ2n) is 6.30. The molecular formula is C21H16F2N4O2S. The average Bonchev–Trinajstić information content (AvgIpc) is 3.40. The molecule has 0 atom stereocenters. The van der Waals surface area contributed by atoms with Crippen LogP contribution in [0, 0.1) is 11.6 Å². The van der Waals surface area contributed by atoms with Crippen LogP contribution in [0.1, 0.15) is 5.76 Å². The molecule has 2 aromatic heterocycles. The molecule has 0 aliphatic carbocycles. The van der Waals surface area contributed by atoms with Crippen molar-refractivity contribution in [1.82, 2.24) is 14.8 Å². The van der Waals surface area contributed by atoms with Gasteiger partial charge in [-0.2, -0.15) is 0 Å². The van der Waals surface area contributed by atoms with E-state index in [0.717, 1.165) is 35.5 Å². The first kappa shape index (κ1) is 19.8. The van der Waals surface area contributed by atoms with Gasteiger partial charge in [0.05, 0.1) is 24.2 Å². The number of hydrogen-bond acceptors (Lipinski definition) is 5. The van der Waals surface area contributed by atoms with E-state index in [9.17, 15) is 13.6 Å². The molecule has 0 aliphatic rings. The van der Waals surface area contributed by atoms with E-state index in [2.05, 4.69) is 15.5 Å². The van der Waals surface area contributed by atoms with Crippen molar-refractivity contribution in [1.29, 1.82) is 0 Å². The third-order valence-corrected chi connectivity index (χ3v) is 5.14. The fraction of sp³-hybridized carbons (Fsp3) is 0.0952. The molecule has 0 radical (unpaired) electrons. The second kappa shape index (κ2) is 8.91. The van der Waals surface area contributed by atoms with Gasteiger partial charge in [0.15, 0.2) is 11.0 Å². The zero-order valence-corrected chi connectivity index (χ0v) is 16.4. The second-order valence-corrected chi connectivity index (χ2v) is 7.24. The van der Waals surface area contributed by atoms with E-state index in [1.165, 1.54) is 0 Å². The Balaban J connectivity index is 1.52. The van der Waals surface area contributed by atoms with Gasteiger partial charge in [-0.25, -0.2) is 8.78 Å². The van der Waals surface area contributed by atoms with Crippen molar-refractivity contribution >= 4 is 23.4 Å². The number of carbonyl (C=O) groups excluding carboxylic acids is 1. The van der Waals surface area contributed by atoms with Gasteiger partial charge in [0.25, 0.3) is 0 Å². The van der Waals surface area contributed by atoms with E-state index in [-0.39, 0.29) is 11.4 Å². The fourth-order valence-corrected chi connectivity index (χ4v) is 3.54. The number of rotatable bonds is 7. The minimum absolute atomic E-state index is 0.0545. The number of hydrogen-bond donors (Lipinski definition) is 1. The average molecular weight is 426 g/mol. The summed E-state index contributed by atoms with van der Waals surface area (Å²) in [6.45, 7) is 0.382. The highest BCUT2D eigenvalue weighted by Gasteiger charge is 2.17. The van der Waals surface area contributed by atoms with Gasteiger partial charge in [-0.15, -0.1) is 10.2 Å². The Morgan fingerprint density at radius 3 is 2.67 bits per heavy atom. The maximum absolute atomic E-state index is 13.7. The van der Waals surface area contributed by atoms with Crippen LogP contribution in [0.25, 0.3) is 11.4 Å². The Kier molecular flexibility index (Phi) is 5.89. The summed E-state index contributed by atoms with van der Waals surface area (Å²) in [6.07, 6.45) is 1.58. The molecule has 0 unspecified atom stereocenters. The molecule has 1 amide bonds. The zero-order valence-electron chi connectivity index (χ0n) is 15.6. The third-order valence-electron chi connectivity index (χ3n) is 4.18. The molecule has 2 aromatic carbocycles. The highest BCUT2D eigenvalue weighted by atomic mass is 32.2. The number of halogens is 2. The van der Waals surface area contributed by atoms with Crippen molar-refractivity contribution in [3.8, 4) is 11.4 Å². The van der Waals surface area contributed by atoms with Crippen molar-refractivity contribution in [3.05, 3.63) is 84.3 Å². The van der Waals surface area contributed by atoms with Crippen LogP contribution in [0.5, 0.6) is 0 Å². The van der Waals surface area contributed by atoms with E-state index < -0.39 is 17.5 Å². The van der Waals surface area contributed by atoms with E-state index >= 15 is 0 Å². The van der Waals surface area contributed by atoms with Crippen LogP contribution in [-0.4, -0.2) is 26.4 Å². The van der Waals surface area contributed by atoms with Crippen molar-refractivity contribution in [2.24, 2.45) is 0 Å². The summed E-state index contributed by atoms with van der Waals surface area (Å²) in [5.41, 5.74) is 0.664. The molecule has 2 heterocycles. The monoisotopic (exact) mass is 426 g/mol. The topological polar surface area (TPSA) is 73.0 Å². The number of nitrogens with one attached hydrogen (secondary N) is 1. The van der Waals surface area contributed by atoms with E-state index in [4.69, 9.17) is 4.42 Å². The maximum Gasteiger partial charge on any atom is 0.234 e. The zero-order chi connectivity index (χ0) is 20.9. The van der Waals surface area contributed by atoms with Gasteiger partial charge < -0.3 is 9.73 Å². The number of amides is 1. The first-order chi connectivity index (χ1) is 14.6. The third kappa shape index (κ3) is 4.57. The number of furan rings is 1. The lowest BCUT2D eigenvalue weighted by molar-refractivity contribution is -0.113. The number of aromatic nitrogens is 3. The lowest BCUT2D eigenvalue weighted by Crippen LogP contribution is -2.16. The first-order valence-electron chi connectivity index (χ1n) is 8.99. The van der Waals surface area contributed by atoms with Gasteiger partial charge in [-0.1, -0.05) is 42.1 Å². The predicted octanol–water partition coefficient (Wildman–Crippen LogP) is 4.60. The highest BCUT2D eigenvalue weighted by Crippen LogP contribution is 2.25.